The molecule has 0 aromatic rings. The third-order valence-electron chi connectivity index (χ3n) is 7.05. The molecule has 0 spiro atoms. The van der Waals surface area contributed by atoms with Crippen LogP contribution in [0, 0.1) is 23.2 Å². The Morgan fingerprint density at radius 1 is 1.17 bits per heavy atom. The molecule has 0 saturated heterocycles. The quantitative estimate of drug-likeness (QED) is 0.176. The Labute approximate surface area is 213 Å². The van der Waals surface area contributed by atoms with E-state index in [2.05, 4.69) is 6.58 Å². The molecule has 1 unspecified atom stereocenters. The Bertz CT molecular complexity index is 1090. The molecule has 5 N–H and O–H groups in total. The molecule has 1 saturated carbocycles. The third-order valence-corrected chi connectivity index (χ3v) is 7.05. The van der Waals surface area contributed by atoms with Crippen molar-refractivity contribution in [2.24, 2.45) is 23.2 Å². The average molecular weight is 529 g/mol. The van der Waals surface area contributed by atoms with E-state index < -0.39 is 44.7 Å². The minimum Gasteiger partial charge on any atom is -0.511 e. The van der Waals surface area contributed by atoms with Gasteiger partial charge >= 0.3 is 10.4 Å². The number of rotatable bonds is 7. The van der Waals surface area contributed by atoms with E-state index in [0.717, 1.165) is 17.6 Å². The van der Waals surface area contributed by atoms with Crippen molar-refractivity contribution in [2.45, 2.75) is 79.8 Å². The van der Waals surface area contributed by atoms with Gasteiger partial charge in [-0.25, -0.2) is 0 Å². The molecule has 0 bridgehead atoms. The molecule has 204 valence electrons. The summed E-state index contributed by atoms with van der Waals surface area (Å²) in [6.45, 7) is 16.5. The molecule has 4 atom stereocenters. The first-order chi connectivity index (χ1) is 16.1. The first-order valence-electron chi connectivity index (χ1n) is 11.8. The number of aliphatic hydroxyl groups excluding tert-OH is 2. The van der Waals surface area contributed by atoms with Crippen LogP contribution in [0.5, 0.6) is 0 Å². The number of carbonyl (C=O) groups excluding carboxylic acids is 2. The lowest BCUT2D eigenvalue weighted by Crippen LogP contribution is -2.41. The topological polar surface area (TPSA) is 169 Å². The highest BCUT2D eigenvalue weighted by molar-refractivity contribution is 7.79. The number of carbonyl (C=O) groups is 2. The van der Waals surface area contributed by atoms with Crippen LogP contribution >= 0.6 is 0 Å². The van der Waals surface area contributed by atoms with Gasteiger partial charge in [0.05, 0.1) is 11.0 Å². The lowest BCUT2D eigenvalue weighted by atomic mass is 9.67. The van der Waals surface area contributed by atoms with E-state index in [1.165, 1.54) is 0 Å². The molecule has 0 aromatic heterocycles. The fourth-order valence-electron chi connectivity index (χ4n) is 4.83. The van der Waals surface area contributed by atoms with Crippen LogP contribution in [0.15, 0.2) is 46.5 Å². The first-order valence-corrected chi connectivity index (χ1v) is 13.2. The fourth-order valence-corrected chi connectivity index (χ4v) is 4.83. The maximum Gasteiger partial charge on any atom is 0.394 e. The summed E-state index contributed by atoms with van der Waals surface area (Å²) in [5.74, 6) is -2.40. The van der Waals surface area contributed by atoms with Crippen LogP contribution < -0.4 is 0 Å². The summed E-state index contributed by atoms with van der Waals surface area (Å²) in [6, 6.07) is 0. The second-order valence-electron chi connectivity index (χ2n) is 10.8. The van der Waals surface area contributed by atoms with Crippen molar-refractivity contribution in [2.75, 3.05) is 0 Å². The molecule has 0 amide bonds. The zero-order valence-corrected chi connectivity index (χ0v) is 22.9. The molecule has 10 heteroatoms. The highest BCUT2D eigenvalue weighted by Gasteiger charge is 2.51. The van der Waals surface area contributed by atoms with Gasteiger partial charge in [-0.2, -0.15) is 8.42 Å². The van der Waals surface area contributed by atoms with Crippen LogP contribution in [0.2, 0.25) is 0 Å². The van der Waals surface area contributed by atoms with E-state index in [9.17, 15) is 24.9 Å². The van der Waals surface area contributed by atoms with Gasteiger partial charge in [0.2, 0.25) is 0 Å². The molecule has 2 aliphatic rings. The zero-order valence-electron chi connectivity index (χ0n) is 22.1. The predicted octanol–water partition coefficient (Wildman–Crippen LogP) is 4.87. The van der Waals surface area contributed by atoms with Crippen molar-refractivity contribution in [1.29, 1.82) is 0 Å². The lowest BCUT2D eigenvalue weighted by molar-refractivity contribution is -0.128. The molecule has 0 radical (unpaired) electrons. The van der Waals surface area contributed by atoms with Crippen LogP contribution in [0.4, 0.5) is 0 Å². The second kappa shape index (κ2) is 11.4. The zero-order chi connectivity index (χ0) is 28.4. The van der Waals surface area contributed by atoms with E-state index in [1.54, 1.807) is 27.7 Å². The van der Waals surface area contributed by atoms with Gasteiger partial charge in [-0.3, -0.25) is 18.7 Å². The van der Waals surface area contributed by atoms with Crippen molar-refractivity contribution in [3.63, 3.8) is 0 Å². The molecule has 0 aromatic carbocycles. The SMILES string of the molecule is C=C(C)[C@H]1CC[C@](C)(O)[C@@H]1CC1=C(O)C(C)(CC=C(C)C)C(=O)C(C(=O)C(C)C)=C1O.O=S(=O)(O)O. The first kappa shape index (κ1) is 31.8. The highest BCUT2D eigenvalue weighted by Crippen LogP contribution is 2.50. The Hall–Kier alpha value is -2.27. The van der Waals surface area contributed by atoms with E-state index in [-0.39, 0.29) is 41.6 Å². The molecule has 36 heavy (non-hydrogen) atoms. The summed E-state index contributed by atoms with van der Waals surface area (Å²) in [5.41, 5.74) is -0.480. The summed E-state index contributed by atoms with van der Waals surface area (Å²) in [6.07, 6.45) is 3.58. The van der Waals surface area contributed by atoms with Crippen LogP contribution in [0.1, 0.15) is 74.1 Å². The van der Waals surface area contributed by atoms with Crippen LogP contribution in [-0.2, 0) is 20.0 Å². The Morgan fingerprint density at radius 2 is 1.67 bits per heavy atom. The number of allylic oxidation sites excluding steroid dienone is 6. The minimum absolute atomic E-state index is 0.0222. The summed E-state index contributed by atoms with van der Waals surface area (Å²) in [4.78, 5) is 26.3. The monoisotopic (exact) mass is 528 g/mol. The molecule has 0 aliphatic heterocycles. The van der Waals surface area contributed by atoms with Crippen LogP contribution in [0.3, 0.4) is 0 Å². The molecule has 0 heterocycles. The predicted molar refractivity (Wildman–Crippen MR) is 137 cm³/mol. The van der Waals surface area contributed by atoms with Crippen LogP contribution in [0.25, 0.3) is 0 Å². The molecule has 9 nitrogen and oxygen atoms in total. The van der Waals surface area contributed by atoms with Gasteiger partial charge in [0.1, 0.15) is 17.1 Å². The Morgan fingerprint density at radius 3 is 2.08 bits per heavy atom. The van der Waals surface area contributed by atoms with Crippen molar-refractivity contribution in [3.8, 4) is 0 Å². The Kier molecular flexibility index (Phi) is 10.1. The van der Waals surface area contributed by atoms with E-state index in [4.69, 9.17) is 17.5 Å². The van der Waals surface area contributed by atoms with Crippen LogP contribution in [-0.4, -0.2) is 50.0 Å². The van der Waals surface area contributed by atoms with E-state index in [0.29, 0.717) is 6.42 Å². The highest BCUT2D eigenvalue weighted by atomic mass is 32.3. The number of aliphatic hydroxyl groups is 3. The van der Waals surface area contributed by atoms with Gasteiger partial charge in [0.15, 0.2) is 11.6 Å². The standard InChI is InChI=1S/C26H38O5.H2O4S/c1-14(2)9-11-25(7)23(29)18(22(28)20(24(25)30)21(27)16(5)6)13-19-17(15(3)4)10-12-26(19,8)31;1-5(2,3)4/h9,16-17,19,28-29,31H,3,10-13H2,1-2,4-8H3;(H2,1,2,3,4)/t17-,19-,25?,26+;/m1./s1. The van der Waals surface area contributed by atoms with Crippen molar-refractivity contribution in [1.82, 2.24) is 0 Å². The number of hydrogen-bond acceptors (Lipinski definition) is 7. The van der Waals surface area contributed by atoms with Gasteiger partial charge < -0.3 is 15.3 Å². The second-order valence-corrected chi connectivity index (χ2v) is 11.7. The largest absolute Gasteiger partial charge is 0.511 e. The number of Topliss-reactive ketones (excluding diaryl/α,β-unsaturated/α-hetero) is 2. The summed E-state index contributed by atoms with van der Waals surface area (Å²) in [7, 11) is -4.67. The molecule has 2 rings (SSSR count). The van der Waals surface area contributed by atoms with Crippen molar-refractivity contribution >= 4 is 22.0 Å². The molecular formula is C26H40O9S. The maximum absolute atomic E-state index is 13.4. The van der Waals surface area contributed by atoms with Gasteiger partial charge in [-0.05, 0) is 72.1 Å². The van der Waals surface area contributed by atoms with Gasteiger partial charge in [-0.1, -0.05) is 37.6 Å². The summed E-state index contributed by atoms with van der Waals surface area (Å²) in [5, 5.41) is 33.3. The van der Waals surface area contributed by atoms with Crippen molar-refractivity contribution in [3.05, 3.63) is 46.5 Å². The third kappa shape index (κ3) is 7.38. The minimum atomic E-state index is -4.67. The maximum atomic E-state index is 13.4. The number of ketones is 2. The summed E-state index contributed by atoms with van der Waals surface area (Å²) >= 11 is 0. The van der Waals surface area contributed by atoms with Crippen molar-refractivity contribution < 1.29 is 42.4 Å². The molecule has 1 fully saturated rings. The van der Waals surface area contributed by atoms with Gasteiger partial charge in [0.25, 0.3) is 0 Å². The number of hydrogen-bond donors (Lipinski definition) is 5. The normalized spacial score (nSPS) is 28.7. The average Bonchev–Trinajstić information content (AvgIpc) is 3.01. The fraction of sp³-hybridized carbons (Fsp3) is 0.615. The van der Waals surface area contributed by atoms with Gasteiger partial charge in [-0.15, -0.1) is 0 Å². The van der Waals surface area contributed by atoms with E-state index >= 15 is 0 Å². The Balaban J connectivity index is 0.00000118. The summed E-state index contributed by atoms with van der Waals surface area (Å²) < 4.78 is 31.6. The van der Waals surface area contributed by atoms with Gasteiger partial charge in [0, 0.05) is 11.5 Å². The van der Waals surface area contributed by atoms with E-state index in [1.807, 2.05) is 26.8 Å². The smallest absolute Gasteiger partial charge is 0.394 e. The molecule has 2 aliphatic carbocycles. The molecular weight excluding hydrogens is 488 g/mol. The lowest BCUT2D eigenvalue weighted by Gasteiger charge is -2.37.